The highest BCUT2D eigenvalue weighted by Crippen LogP contribution is 2.50. The number of carbonyl (C=O) groups excluding carboxylic acids is 2. The molecule has 0 aromatic heterocycles. The van der Waals surface area contributed by atoms with Crippen molar-refractivity contribution in [1.82, 2.24) is 4.90 Å². The second-order valence-electron chi connectivity index (χ2n) is 9.47. The number of ether oxygens (including phenoxy) is 4. The van der Waals surface area contributed by atoms with Gasteiger partial charge in [0, 0.05) is 23.9 Å². The lowest BCUT2D eigenvalue weighted by Gasteiger charge is -2.35. The number of cyclic esters (lactones) is 2. The summed E-state index contributed by atoms with van der Waals surface area (Å²) in [4.78, 5) is 26.7. The molecule has 30 heavy (non-hydrogen) atoms. The van der Waals surface area contributed by atoms with E-state index < -0.39 is 0 Å². The Morgan fingerprint density at radius 3 is 2.50 bits per heavy atom. The molecule has 0 saturated carbocycles. The van der Waals surface area contributed by atoms with Crippen LogP contribution in [-0.2, 0) is 28.5 Å². The maximum atomic E-state index is 12.1. The number of allylic oxidation sites excluding steroid dienone is 1. The molecule has 0 amide bonds. The summed E-state index contributed by atoms with van der Waals surface area (Å²) in [7, 11) is 1.56. The van der Waals surface area contributed by atoms with Gasteiger partial charge in [0.25, 0.3) is 0 Å². The summed E-state index contributed by atoms with van der Waals surface area (Å²) in [5.74, 6) is 1.73. The number of methoxy groups -OCH3 is 1. The first-order chi connectivity index (χ1) is 14.4. The molecule has 0 spiro atoms. The van der Waals surface area contributed by atoms with Gasteiger partial charge in [-0.1, -0.05) is 13.8 Å². The maximum Gasteiger partial charge on any atom is 0.343 e. The molecule has 0 N–H and O–H groups in total. The van der Waals surface area contributed by atoms with Crippen LogP contribution in [0.5, 0.6) is 0 Å². The zero-order valence-corrected chi connectivity index (χ0v) is 18.2. The van der Waals surface area contributed by atoms with Crippen molar-refractivity contribution >= 4 is 11.9 Å². The zero-order chi connectivity index (χ0) is 21.2. The second kappa shape index (κ2) is 7.29. The third-order valence-electron chi connectivity index (χ3n) is 7.82. The summed E-state index contributed by atoms with van der Waals surface area (Å²) < 4.78 is 23.2. The number of hydrogen-bond donors (Lipinski definition) is 0. The van der Waals surface area contributed by atoms with Gasteiger partial charge in [0.2, 0.25) is 5.76 Å². The predicted octanol–water partition coefficient (Wildman–Crippen LogP) is 2.90. The van der Waals surface area contributed by atoms with Crippen molar-refractivity contribution in [3.63, 3.8) is 0 Å². The molecule has 5 aliphatic heterocycles. The van der Waals surface area contributed by atoms with E-state index in [0.717, 1.165) is 44.4 Å². The summed E-state index contributed by atoms with van der Waals surface area (Å²) >= 11 is 0. The molecule has 7 heteroatoms. The van der Waals surface area contributed by atoms with Crippen molar-refractivity contribution in [2.45, 2.75) is 77.2 Å². The topological polar surface area (TPSA) is 74.3 Å². The fraction of sp³-hybridized carbons (Fsp3) is 0.739. The van der Waals surface area contributed by atoms with Crippen molar-refractivity contribution in [3.05, 3.63) is 22.9 Å². The average molecular weight is 418 g/mol. The van der Waals surface area contributed by atoms with E-state index in [2.05, 4.69) is 11.8 Å². The predicted molar refractivity (Wildman–Crippen MR) is 107 cm³/mol. The lowest BCUT2D eigenvalue weighted by atomic mass is 9.82. The Balaban J connectivity index is 1.42. The van der Waals surface area contributed by atoms with Gasteiger partial charge in [0.05, 0.1) is 18.6 Å². The third kappa shape index (κ3) is 2.88. The van der Waals surface area contributed by atoms with Gasteiger partial charge >= 0.3 is 11.9 Å². The van der Waals surface area contributed by atoms with E-state index in [9.17, 15) is 9.59 Å². The van der Waals surface area contributed by atoms with Crippen molar-refractivity contribution < 1.29 is 28.5 Å². The van der Waals surface area contributed by atoms with Crippen LogP contribution < -0.4 is 0 Å². The summed E-state index contributed by atoms with van der Waals surface area (Å²) in [6, 6.07) is 0.686. The molecule has 0 bridgehead atoms. The minimum atomic E-state index is -0.364. The highest BCUT2D eigenvalue weighted by Gasteiger charge is 2.54. The van der Waals surface area contributed by atoms with E-state index in [0.29, 0.717) is 35.1 Å². The molecule has 0 radical (unpaired) electrons. The second-order valence-corrected chi connectivity index (χ2v) is 9.47. The molecule has 5 heterocycles. The molecule has 0 aliphatic carbocycles. The van der Waals surface area contributed by atoms with Gasteiger partial charge in [-0.3, -0.25) is 9.69 Å². The number of esters is 2. The lowest BCUT2D eigenvalue weighted by molar-refractivity contribution is -0.146. The summed E-state index contributed by atoms with van der Waals surface area (Å²) in [6.45, 7) is 6.88. The van der Waals surface area contributed by atoms with Gasteiger partial charge < -0.3 is 18.9 Å². The van der Waals surface area contributed by atoms with Gasteiger partial charge in [0.1, 0.15) is 18.0 Å². The Bertz CT molecular complexity index is 832. The number of carbonyl (C=O) groups is 2. The molecular formula is C23H31NO6. The van der Waals surface area contributed by atoms with Crippen LogP contribution in [0.3, 0.4) is 0 Å². The number of fused-ring (bicyclic) bond motifs is 3. The third-order valence-corrected chi connectivity index (χ3v) is 7.82. The first kappa shape index (κ1) is 19.9. The van der Waals surface area contributed by atoms with E-state index in [1.807, 2.05) is 6.92 Å². The van der Waals surface area contributed by atoms with Gasteiger partial charge in [-0.15, -0.1) is 0 Å². The molecule has 4 saturated heterocycles. The lowest BCUT2D eigenvalue weighted by Crippen LogP contribution is -2.46. The van der Waals surface area contributed by atoms with E-state index in [-0.39, 0.29) is 36.0 Å². The Hall–Kier alpha value is -2.02. The average Bonchev–Trinajstić information content (AvgIpc) is 3.40. The molecule has 4 fully saturated rings. The van der Waals surface area contributed by atoms with Crippen LogP contribution >= 0.6 is 0 Å². The molecule has 0 unspecified atom stereocenters. The Labute approximate surface area is 177 Å². The van der Waals surface area contributed by atoms with Crippen molar-refractivity contribution in [2.75, 3.05) is 13.7 Å². The summed E-state index contributed by atoms with van der Waals surface area (Å²) in [5, 5.41) is 0. The highest BCUT2D eigenvalue weighted by molar-refractivity contribution is 5.93. The SMILES string of the molecule is COC1=C(C)C(=O)O/C1=C1/O[C@@H]2CCCN3[C@@H](CC[C@H]3[C@@H]3C[C@H](C)C(=O)O3)[C@H]2[C@@H]1C. The van der Waals surface area contributed by atoms with Crippen LogP contribution in [-0.4, -0.2) is 54.8 Å². The quantitative estimate of drug-likeness (QED) is 0.640. The number of rotatable bonds is 2. The molecule has 7 nitrogen and oxygen atoms in total. The van der Waals surface area contributed by atoms with Gasteiger partial charge in [-0.2, -0.15) is 0 Å². The highest BCUT2D eigenvalue weighted by atomic mass is 16.6. The number of nitrogens with zero attached hydrogens (tertiary/aromatic N) is 1. The first-order valence-electron chi connectivity index (χ1n) is 11.2. The van der Waals surface area contributed by atoms with Crippen LogP contribution in [0.25, 0.3) is 0 Å². The smallest absolute Gasteiger partial charge is 0.343 e. The Morgan fingerprint density at radius 2 is 1.80 bits per heavy atom. The molecule has 164 valence electrons. The van der Waals surface area contributed by atoms with Crippen LogP contribution in [0.4, 0.5) is 0 Å². The molecule has 0 aromatic rings. The van der Waals surface area contributed by atoms with Crippen LogP contribution in [0.2, 0.25) is 0 Å². The fourth-order valence-corrected chi connectivity index (χ4v) is 6.36. The monoisotopic (exact) mass is 417 g/mol. The molecule has 5 rings (SSSR count). The maximum absolute atomic E-state index is 12.1. The molecular weight excluding hydrogens is 386 g/mol. The van der Waals surface area contributed by atoms with Crippen molar-refractivity contribution in [3.8, 4) is 0 Å². The first-order valence-corrected chi connectivity index (χ1v) is 11.2. The van der Waals surface area contributed by atoms with E-state index in [1.54, 1.807) is 14.0 Å². The minimum Gasteiger partial charge on any atom is -0.492 e. The molecule has 0 aromatic carbocycles. The normalized spacial score (nSPS) is 43.8. The van der Waals surface area contributed by atoms with Crippen molar-refractivity contribution in [1.29, 1.82) is 0 Å². The van der Waals surface area contributed by atoms with Crippen molar-refractivity contribution in [2.24, 2.45) is 17.8 Å². The minimum absolute atomic E-state index is 0.00149. The van der Waals surface area contributed by atoms with Gasteiger partial charge in [-0.25, -0.2) is 4.79 Å². The standard InChI is InChI=1S/C23H31NO6/c1-11-10-17(29-22(11)25)14-7-8-15-18-12(2)20(28-16(18)6-5-9-24(14)15)21-19(27-4)13(3)23(26)30-21/h11-12,14-18H,5-10H2,1-4H3/b21-20+/t11-,12-,14-,15-,16+,17-,18+/m0/s1. The van der Waals surface area contributed by atoms with E-state index in [4.69, 9.17) is 18.9 Å². The van der Waals surface area contributed by atoms with Crippen LogP contribution in [0.15, 0.2) is 22.9 Å². The van der Waals surface area contributed by atoms with E-state index in [1.165, 1.54) is 0 Å². The molecule has 5 aliphatic rings. The molecule has 7 atom stereocenters. The van der Waals surface area contributed by atoms with E-state index >= 15 is 0 Å². The van der Waals surface area contributed by atoms with Crippen LogP contribution in [0, 0.1) is 17.8 Å². The van der Waals surface area contributed by atoms with Gasteiger partial charge in [-0.05, 0) is 45.6 Å². The van der Waals surface area contributed by atoms with Crippen LogP contribution in [0.1, 0.15) is 52.9 Å². The number of hydrogen-bond acceptors (Lipinski definition) is 7. The summed E-state index contributed by atoms with van der Waals surface area (Å²) in [6.07, 6.45) is 5.09. The Morgan fingerprint density at radius 1 is 1.03 bits per heavy atom. The fourth-order valence-electron chi connectivity index (χ4n) is 6.36. The summed E-state index contributed by atoms with van der Waals surface area (Å²) in [5.41, 5.74) is 0.489. The largest absolute Gasteiger partial charge is 0.492 e. The zero-order valence-electron chi connectivity index (χ0n) is 18.2. The Kier molecular flexibility index (Phi) is 4.84. The van der Waals surface area contributed by atoms with Gasteiger partial charge in [0.15, 0.2) is 5.76 Å².